The number of urea groups is 1. The number of fused-ring (bicyclic) bond motifs is 2. The van der Waals surface area contributed by atoms with E-state index in [1.165, 1.54) is 9.80 Å². The molecule has 0 saturated carbocycles. The lowest BCUT2D eigenvalue weighted by atomic mass is 9.92. The fraction of sp³-hybridized carbons (Fsp3) is 0.273. The van der Waals surface area contributed by atoms with Crippen molar-refractivity contribution >= 4 is 41.1 Å². The smallest absolute Gasteiger partial charge is 0.326 e. The van der Waals surface area contributed by atoms with Crippen LogP contribution < -0.4 is 19.5 Å². The number of carbonyl (C=O) groups is 3. The molecule has 0 spiro atoms. The Labute approximate surface area is 341 Å². The largest absolute Gasteiger partial charge is 0.489 e. The van der Waals surface area contributed by atoms with Crippen molar-refractivity contribution in [3.8, 4) is 28.4 Å². The standard InChI is InChI=1S/C44H42Cl2N4O7/c1-25-26(2)47-16-15-34(25)29-8-5-27(6-9-29)18-37(43(52)53)48-42(51)38-19-31-20-39-40(21-32(31)22-50(38)44(54)49(3)4)57-41(24-56-39)30-10-12-33(13-11-30)55-23-28-7-14-35(45)36(46)17-28/h5-17,20-21,37-38,41H,18-19,22-24H2,1-4H3,(H,48,51)(H,52,53)/t37?,38-,41+/m0/s1. The Bertz CT molecular complexity index is 2320. The second-order valence-electron chi connectivity index (χ2n) is 14.5. The topological polar surface area (TPSA) is 131 Å². The van der Waals surface area contributed by atoms with Crippen molar-refractivity contribution in [3.63, 3.8) is 0 Å². The Hall–Kier alpha value is -5.78. The number of carboxylic acid groups (broad SMARTS) is 1. The van der Waals surface area contributed by atoms with E-state index in [1.54, 1.807) is 32.4 Å². The SMILES string of the molecule is Cc1nccc(-c2ccc(CC(NC(=O)[C@@H]3Cc4cc5c(cc4CN3C(=O)N(C)C)O[C@@H](c3ccc(OCc4ccc(Cl)c(Cl)c4)cc3)CO5)C(=O)O)cc2)c1C. The first kappa shape index (κ1) is 39.5. The van der Waals surface area contributed by atoms with Crippen LogP contribution in [0.5, 0.6) is 17.2 Å². The Morgan fingerprint density at radius 2 is 1.65 bits per heavy atom. The lowest BCUT2D eigenvalue weighted by molar-refractivity contribution is -0.142. The Morgan fingerprint density at radius 3 is 2.35 bits per heavy atom. The van der Waals surface area contributed by atoms with Crippen molar-refractivity contribution in [1.29, 1.82) is 0 Å². The Kier molecular flexibility index (Phi) is 11.6. The molecule has 2 aliphatic heterocycles. The number of pyridine rings is 1. The van der Waals surface area contributed by atoms with E-state index < -0.39 is 30.1 Å². The van der Waals surface area contributed by atoms with Crippen LogP contribution in [-0.4, -0.2) is 70.6 Å². The molecule has 2 aliphatic rings. The highest BCUT2D eigenvalue weighted by molar-refractivity contribution is 6.42. The first-order valence-electron chi connectivity index (χ1n) is 18.5. The number of nitrogens with zero attached hydrogens (tertiary/aromatic N) is 3. The van der Waals surface area contributed by atoms with Crippen LogP contribution in [0.25, 0.3) is 11.1 Å². The number of hydrogen-bond acceptors (Lipinski definition) is 7. The molecule has 1 aromatic heterocycles. The quantitative estimate of drug-likeness (QED) is 0.145. The average Bonchev–Trinajstić information content (AvgIpc) is 3.20. The maximum atomic E-state index is 13.9. The van der Waals surface area contributed by atoms with E-state index in [-0.39, 0.29) is 32.0 Å². The Balaban J connectivity index is 1.03. The second kappa shape index (κ2) is 16.8. The highest BCUT2D eigenvalue weighted by Crippen LogP contribution is 2.41. The third kappa shape index (κ3) is 8.80. The van der Waals surface area contributed by atoms with Gasteiger partial charge in [-0.05, 0) is 101 Å². The zero-order valence-electron chi connectivity index (χ0n) is 31.9. The first-order chi connectivity index (χ1) is 27.3. The third-order valence-electron chi connectivity index (χ3n) is 10.4. The van der Waals surface area contributed by atoms with Crippen molar-refractivity contribution in [2.24, 2.45) is 0 Å². The monoisotopic (exact) mass is 808 g/mol. The molecule has 0 saturated heterocycles. The molecule has 11 nitrogen and oxygen atoms in total. The first-order valence-corrected chi connectivity index (χ1v) is 19.2. The van der Waals surface area contributed by atoms with Crippen LogP contribution in [0, 0.1) is 13.8 Å². The summed E-state index contributed by atoms with van der Waals surface area (Å²) in [5.41, 5.74) is 8.19. The van der Waals surface area contributed by atoms with Gasteiger partial charge in [-0.3, -0.25) is 9.78 Å². The number of aryl methyl sites for hydroxylation is 1. The number of ether oxygens (including phenoxy) is 3. The maximum absolute atomic E-state index is 13.9. The van der Waals surface area contributed by atoms with Gasteiger partial charge in [0.05, 0.1) is 10.0 Å². The van der Waals surface area contributed by atoms with E-state index in [9.17, 15) is 19.5 Å². The molecule has 294 valence electrons. The van der Waals surface area contributed by atoms with Gasteiger partial charge in [-0.25, -0.2) is 9.59 Å². The highest BCUT2D eigenvalue weighted by Gasteiger charge is 2.38. The van der Waals surface area contributed by atoms with Crippen LogP contribution in [0.1, 0.15) is 45.2 Å². The molecule has 0 bridgehead atoms. The minimum atomic E-state index is -1.22. The van der Waals surface area contributed by atoms with E-state index in [4.69, 9.17) is 37.4 Å². The van der Waals surface area contributed by atoms with Crippen LogP contribution in [0.2, 0.25) is 10.0 Å². The molecule has 1 unspecified atom stereocenters. The molecule has 2 N–H and O–H groups in total. The van der Waals surface area contributed by atoms with Gasteiger partial charge < -0.3 is 34.4 Å². The van der Waals surface area contributed by atoms with Crippen molar-refractivity contribution in [3.05, 3.63) is 140 Å². The van der Waals surface area contributed by atoms with Crippen molar-refractivity contribution in [2.75, 3.05) is 20.7 Å². The summed E-state index contributed by atoms with van der Waals surface area (Å²) in [7, 11) is 3.23. The number of halogens is 2. The summed E-state index contributed by atoms with van der Waals surface area (Å²) in [6.45, 7) is 4.67. The van der Waals surface area contributed by atoms with Gasteiger partial charge in [0.2, 0.25) is 5.91 Å². The van der Waals surface area contributed by atoms with E-state index in [0.717, 1.165) is 50.2 Å². The molecular formula is C44H42Cl2N4O7. The Morgan fingerprint density at radius 1 is 0.930 bits per heavy atom. The number of rotatable bonds is 10. The molecule has 57 heavy (non-hydrogen) atoms. The second-order valence-corrected chi connectivity index (χ2v) is 15.3. The number of amides is 3. The molecule has 7 rings (SSSR count). The molecule has 0 fully saturated rings. The van der Waals surface area contributed by atoms with Gasteiger partial charge in [0.15, 0.2) is 17.6 Å². The summed E-state index contributed by atoms with van der Waals surface area (Å²) in [6, 6.07) is 23.7. The number of hydrogen-bond donors (Lipinski definition) is 2. The van der Waals surface area contributed by atoms with Gasteiger partial charge in [0.25, 0.3) is 0 Å². The van der Waals surface area contributed by atoms with E-state index in [0.29, 0.717) is 33.9 Å². The summed E-state index contributed by atoms with van der Waals surface area (Å²) in [4.78, 5) is 47.1. The van der Waals surface area contributed by atoms with E-state index in [2.05, 4.69) is 10.3 Å². The van der Waals surface area contributed by atoms with Gasteiger partial charge in [0, 0.05) is 45.4 Å². The lowest BCUT2D eigenvalue weighted by Crippen LogP contribution is -2.57. The number of carboxylic acids is 1. The zero-order chi connectivity index (χ0) is 40.4. The fourth-order valence-electron chi connectivity index (χ4n) is 7.06. The molecule has 3 amide bonds. The lowest BCUT2D eigenvalue weighted by Gasteiger charge is -2.38. The van der Waals surface area contributed by atoms with E-state index in [1.807, 2.05) is 86.6 Å². The number of aliphatic carboxylic acids is 1. The summed E-state index contributed by atoms with van der Waals surface area (Å²) in [5, 5.41) is 13.9. The highest BCUT2D eigenvalue weighted by atomic mass is 35.5. The minimum absolute atomic E-state index is 0.0645. The minimum Gasteiger partial charge on any atom is -0.489 e. The molecular weight excluding hydrogens is 767 g/mol. The molecule has 5 aromatic rings. The van der Waals surface area contributed by atoms with Gasteiger partial charge >= 0.3 is 12.0 Å². The molecule has 3 atom stereocenters. The van der Waals surface area contributed by atoms with Crippen LogP contribution >= 0.6 is 23.2 Å². The predicted molar refractivity (Wildman–Crippen MR) is 217 cm³/mol. The zero-order valence-corrected chi connectivity index (χ0v) is 33.4. The summed E-state index contributed by atoms with van der Waals surface area (Å²) in [6.07, 6.45) is 1.60. The van der Waals surface area contributed by atoms with Crippen molar-refractivity contribution < 1.29 is 33.7 Å². The number of benzene rings is 4. The third-order valence-corrected chi connectivity index (χ3v) is 11.1. The normalized spacial score (nSPS) is 16.3. The van der Waals surface area contributed by atoms with Gasteiger partial charge in [0.1, 0.15) is 31.0 Å². The van der Waals surface area contributed by atoms with E-state index >= 15 is 0 Å². The van der Waals surface area contributed by atoms with Crippen molar-refractivity contribution in [1.82, 2.24) is 20.1 Å². The van der Waals surface area contributed by atoms with Crippen LogP contribution in [-0.2, 0) is 35.6 Å². The van der Waals surface area contributed by atoms with Crippen LogP contribution in [0.4, 0.5) is 4.79 Å². The fourth-order valence-corrected chi connectivity index (χ4v) is 7.38. The molecule has 3 heterocycles. The number of carbonyl (C=O) groups excluding carboxylic acids is 2. The molecule has 13 heteroatoms. The van der Waals surface area contributed by atoms with Gasteiger partial charge in [-0.15, -0.1) is 0 Å². The average molecular weight is 810 g/mol. The predicted octanol–water partition coefficient (Wildman–Crippen LogP) is 7.98. The molecule has 4 aromatic carbocycles. The molecule has 0 radical (unpaired) electrons. The molecule has 0 aliphatic carbocycles. The maximum Gasteiger partial charge on any atom is 0.326 e. The van der Waals surface area contributed by atoms with Gasteiger partial charge in [-0.1, -0.05) is 65.7 Å². The summed E-state index contributed by atoms with van der Waals surface area (Å²) < 4.78 is 18.5. The van der Waals surface area contributed by atoms with Crippen LogP contribution in [0.3, 0.4) is 0 Å². The van der Waals surface area contributed by atoms with Crippen molar-refractivity contribution in [2.45, 2.75) is 58.0 Å². The number of nitrogens with one attached hydrogen (secondary N) is 1. The summed E-state index contributed by atoms with van der Waals surface area (Å²) in [5.74, 6) is 0.00511. The van der Waals surface area contributed by atoms with Crippen LogP contribution in [0.15, 0.2) is 91.1 Å². The van der Waals surface area contributed by atoms with Gasteiger partial charge in [-0.2, -0.15) is 0 Å². The number of aromatic nitrogens is 1. The summed E-state index contributed by atoms with van der Waals surface area (Å²) >= 11 is 12.2.